The van der Waals surface area contributed by atoms with E-state index in [0.717, 1.165) is 12.8 Å². The molecular weight excluding hydrogens is 208 g/mol. The number of hydrogen-bond acceptors (Lipinski definition) is 4. The minimum Gasteiger partial charge on any atom is -0.353 e. The molecule has 0 aliphatic carbocycles. The van der Waals surface area contributed by atoms with Crippen molar-refractivity contribution in [3.8, 4) is 0 Å². The summed E-state index contributed by atoms with van der Waals surface area (Å²) in [4.78, 5) is 0. The van der Waals surface area contributed by atoms with Crippen LogP contribution >= 0.6 is 0 Å². The van der Waals surface area contributed by atoms with Crippen molar-refractivity contribution in [2.45, 2.75) is 70.4 Å². The van der Waals surface area contributed by atoms with E-state index < -0.39 is 5.79 Å². The Morgan fingerprint density at radius 3 is 2.19 bits per heavy atom. The summed E-state index contributed by atoms with van der Waals surface area (Å²) in [6.45, 7) is 8.11. The molecule has 0 bridgehead atoms. The molecule has 0 amide bonds. The van der Waals surface area contributed by atoms with E-state index in [1.54, 1.807) is 7.11 Å². The largest absolute Gasteiger partial charge is 0.353 e. The van der Waals surface area contributed by atoms with E-state index in [9.17, 15) is 0 Å². The van der Waals surface area contributed by atoms with Gasteiger partial charge in [0.05, 0.1) is 5.60 Å². The number of methoxy groups -OCH3 is 1. The summed E-state index contributed by atoms with van der Waals surface area (Å²) in [5.41, 5.74) is -0.265. The SMILES string of the molecule is CCC1(CC)O[C@@H](OC)[C@@H]2OC(C)(C)O[C@@H]21. The van der Waals surface area contributed by atoms with Gasteiger partial charge in [0.2, 0.25) is 0 Å². The van der Waals surface area contributed by atoms with E-state index in [4.69, 9.17) is 18.9 Å². The summed E-state index contributed by atoms with van der Waals surface area (Å²) in [6, 6.07) is 0. The first kappa shape index (κ1) is 12.3. The Morgan fingerprint density at radius 1 is 1.06 bits per heavy atom. The monoisotopic (exact) mass is 230 g/mol. The summed E-state index contributed by atoms with van der Waals surface area (Å²) in [5, 5.41) is 0. The maximum atomic E-state index is 5.98. The lowest BCUT2D eigenvalue weighted by Gasteiger charge is -2.32. The molecule has 4 heteroatoms. The van der Waals surface area contributed by atoms with Crippen molar-refractivity contribution in [2.75, 3.05) is 7.11 Å². The van der Waals surface area contributed by atoms with Gasteiger partial charge in [-0.25, -0.2) is 0 Å². The smallest absolute Gasteiger partial charge is 0.186 e. The molecule has 0 aromatic rings. The molecule has 0 spiro atoms. The van der Waals surface area contributed by atoms with E-state index in [2.05, 4.69) is 13.8 Å². The second-order valence-electron chi connectivity index (χ2n) is 5.01. The van der Waals surface area contributed by atoms with Gasteiger partial charge in [-0.2, -0.15) is 0 Å². The van der Waals surface area contributed by atoms with Crippen LogP contribution in [-0.4, -0.2) is 37.0 Å². The van der Waals surface area contributed by atoms with Gasteiger partial charge < -0.3 is 18.9 Å². The molecule has 16 heavy (non-hydrogen) atoms. The van der Waals surface area contributed by atoms with Gasteiger partial charge in [0.25, 0.3) is 0 Å². The fourth-order valence-corrected chi connectivity index (χ4v) is 2.76. The van der Waals surface area contributed by atoms with Crippen molar-refractivity contribution in [1.29, 1.82) is 0 Å². The molecule has 2 heterocycles. The summed E-state index contributed by atoms with van der Waals surface area (Å²) in [5.74, 6) is -0.536. The summed E-state index contributed by atoms with van der Waals surface area (Å²) in [7, 11) is 1.65. The van der Waals surface area contributed by atoms with Crippen molar-refractivity contribution in [2.24, 2.45) is 0 Å². The molecular formula is C12H22O4. The molecule has 2 aliphatic heterocycles. The second kappa shape index (κ2) is 3.95. The number of fused-ring (bicyclic) bond motifs is 1. The van der Waals surface area contributed by atoms with Crippen molar-refractivity contribution in [1.82, 2.24) is 0 Å². The maximum absolute atomic E-state index is 5.98. The zero-order valence-corrected chi connectivity index (χ0v) is 10.8. The first-order valence-electron chi connectivity index (χ1n) is 6.04. The Kier molecular flexibility index (Phi) is 3.03. The average Bonchev–Trinajstić information content (AvgIpc) is 2.70. The molecule has 94 valence electrons. The fraction of sp³-hybridized carbons (Fsp3) is 1.00. The molecule has 0 radical (unpaired) electrons. The number of hydrogen-bond donors (Lipinski definition) is 0. The van der Waals surface area contributed by atoms with Gasteiger partial charge >= 0.3 is 0 Å². The zero-order chi connectivity index (χ0) is 12.0. The van der Waals surface area contributed by atoms with Gasteiger partial charge in [-0.1, -0.05) is 13.8 Å². The van der Waals surface area contributed by atoms with Crippen LogP contribution in [0.3, 0.4) is 0 Å². The van der Waals surface area contributed by atoms with Gasteiger partial charge in [-0.15, -0.1) is 0 Å². The molecule has 2 fully saturated rings. The van der Waals surface area contributed by atoms with E-state index in [0.29, 0.717) is 0 Å². The molecule has 4 nitrogen and oxygen atoms in total. The van der Waals surface area contributed by atoms with Crippen LogP contribution in [0.15, 0.2) is 0 Å². The molecule has 2 aliphatic rings. The average molecular weight is 230 g/mol. The summed E-state index contributed by atoms with van der Waals surface area (Å²) in [6.07, 6.45) is 1.36. The minimum absolute atomic E-state index is 0.0255. The normalized spacial score (nSPS) is 39.9. The lowest BCUT2D eigenvalue weighted by molar-refractivity contribution is -0.251. The van der Waals surface area contributed by atoms with Crippen molar-refractivity contribution in [3.63, 3.8) is 0 Å². The highest BCUT2D eigenvalue weighted by atomic mass is 16.8. The Bertz CT molecular complexity index is 260. The fourth-order valence-electron chi connectivity index (χ4n) is 2.76. The predicted molar refractivity (Wildman–Crippen MR) is 59.0 cm³/mol. The minimum atomic E-state index is -0.536. The quantitative estimate of drug-likeness (QED) is 0.743. The lowest BCUT2D eigenvalue weighted by Crippen LogP contribution is -2.42. The predicted octanol–water partition coefficient (Wildman–Crippen LogP) is 2.07. The van der Waals surface area contributed by atoms with Gasteiger partial charge in [0.1, 0.15) is 12.2 Å². The molecule has 0 unspecified atom stereocenters. The standard InChI is InChI=1S/C12H22O4/c1-6-12(7-2)9-8(10(13-5)16-12)14-11(3,4)15-9/h8-10H,6-7H2,1-5H3/t8-,9+,10-/m1/s1. The van der Waals surface area contributed by atoms with E-state index in [1.807, 2.05) is 13.8 Å². The Balaban J connectivity index is 2.26. The topological polar surface area (TPSA) is 36.9 Å². The molecule has 0 saturated carbocycles. The van der Waals surface area contributed by atoms with Crippen LogP contribution < -0.4 is 0 Å². The molecule has 0 N–H and O–H groups in total. The highest BCUT2D eigenvalue weighted by Gasteiger charge is 2.61. The third kappa shape index (κ3) is 1.68. The zero-order valence-electron chi connectivity index (χ0n) is 10.8. The molecule has 2 rings (SSSR count). The van der Waals surface area contributed by atoms with E-state index >= 15 is 0 Å². The lowest BCUT2D eigenvalue weighted by atomic mass is 9.90. The molecule has 0 aromatic carbocycles. The van der Waals surface area contributed by atoms with E-state index in [-0.39, 0.29) is 24.1 Å². The first-order chi connectivity index (χ1) is 7.48. The van der Waals surface area contributed by atoms with Crippen LogP contribution in [0.1, 0.15) is 40.5 Å². The maximum Gasteiger partial charge on any atom is 0.186 e. The third-order valence-corrected chi connectivity index (χ3v) is 3.70. The van der Waals surface area contributed by atoms with Crippen LogP contribution in [0, 0.1) is 0 Å². The van der Waals surface area contributed by atoms with Crippen LogP contribution in [-0.2, 0) is 18.9 Å². The van der Waals surface area contributed by atoms with Crippen molar-refractivity contribution < 1.29 is 18.9 Å². The van der Waals surface area contributed by atoms with Crippen molar-refractivity contribution >= 4 is 0 Å². The summed E-state index contributed by atoms with van der Waals surface area (Å²) >= 11 is 0. The third-order valence-electron chi connectivity index (χ3n) is 3.70. The van der Waals surface area contributed by atoms with Crippen LogP contribution in [0.5, 0.6) is 0 Å². The summed E-state index contributed by atoms with van der Waals surface area (Å²) < 4.78 is 23.2. The second-order valence-corrected chi connectivity index (χ2v) is 5.01. The van der Waals surface area contributed by atoms with Crippen molar-refractivity contribution in [3.05, 3.63) is 0 Å². The van der Waals surface area contributed by atoms with Gasteiger partial charge in [0.15, 0.2) is 12.1 Å². The molecule has 0 aromatic heterocycles. The van der Waals surface area contributed by atoms with Gasteiger partial charge in [-0.05, 0) is 26.7 Å². The Hall–Kier alpha value is -0.160. The Labute approximate surface area is 97.2 Å². The molecule has 3 atom stereocenters. The van der Waals surface area contributed by atoms with Crippen LogP contribution in [0.4, 0.5) is 0 Å². The number of rotatable bonds is 3. The molecule has 2 saturated heterocycles. The highest BCUT2D eigenvalue weighted by molar-refractivity contribution is 5.03. The van der Waals surface area contributed by atoms with E-state index in [1.165, 1.54) is 0 Å². The van der Waals surface area contributed by atoms with Crippen LogP contribution in [0.2, 0.25) is 0 Å². The Morgan fingerprint density at radius 2 is 1.69 bits per heavy atom. The van der Waals surface area contributed by atoms with Gasteiger partial charge in [-0.3, -0.25) is 0 Å². The van der Waals surface area contributed by atoms with Crippen LogP contribution in [0.25, 0.3) is 0 Å². The highest BCUT2D eigenvalue weighted by Crippen LogP contribution is 2.47. The van der Waals surface area contributed by atoms with Gasteiger partial charge in [0, 0.05) is 7.11 Å². The number of ether oxygens (including phenoxy) is 4. The first-order valence-corrected chi connectivity index (χ1v) is 6.04.